The molecule has 662 valence electrons. The maximum atomic E-state index is 15.7. The highest BCUT2D eigenvalue weighted by atomic mass is 32.8. The lowest BCUT2D eigenvalue weighted by molar-refractivity contribution is 0.187. The Hall–Kier alpha value is -6.97. The van der Waals surface area contributed by atoms with Crippen molar-refractivity contribution < 1.29 is 54.7 Å². The van der Waals surface area contributed by atoms with Crippen molar-refractivity contribution in [1.29, 1.82) is 0 Å². The summed E-state index contributed by atoms with van der Waals surface area (Å²) in [5.74, 6) is 2.22. The molecule has 9 rings (SSSR count). The highest BCUT2D eigenvalue weighted by Gasteiger charge is 2.35. The number of fused-ring (bicyclic) bond motifs is 10. The van der Waals surface area contributed by atoms with Crippen LogP contribution >= 0.6 is 0 Å². The maximum absolute atomic E-state index is 15.7. The van der Waals surface area contributed by atoms with Crippen molar-refractivity contribution in [2.24, 2.45) is 0 Å². The van der Waals surface area contributed by atoms with E-state index in [-0.39, 0.29) is 30.1 Å². The first-order chi connectivity index (χ1) is 57.5. The van der Waals surface area contributed by atoms with E-state index in [0.29, 0.717) is 98.9 Å². The van der Waals surface area contributed by atoms with Crippen LogP contribution in [-0.4, -0.2) is 106 Å². The molecule has 1 aliphatic carbocycles. The van der Waals surface area contributed by atoms with Crippen molar-refractivity contribution >= 4 is 102 Å². The van der Waals surface area contributed by atoms with E-state index in [1.54, 1.807) is 0 Å². The molecule has 0 saturated carbocycles. The number of rotatable bonds is 39. The summed E-state index contributed by atoms with van der Waals surface area (Å²) in [5, 5.41) is 3.57. The van der Waals surface area contributed by atoms with Gasteiger partial charge in [-0.15, -0.1) is 0 Å². The average Bonchev–Trinajstić information content (AvgIpc) is 0.753. The number of hydrogen-bond donors (Lipinski definition) is 2. The molecular formula is C99H142N4O12S4Si2. The molecular weight excluding hydrogens is 1620 g/mol. The van der Waals surface area contributed by atoms with E-state index in [0.717, 1.165) is 196 Å². The van der Waals surface area contributed by atoms with Crippen molar-refractivity contribution in [1.82, 2.24) is 9.44 Å². The summed E-state index contributed by atoms with van der Waals surface area (Å²) in [4.78, 5) is 36.8. The highest BCUT2D eigenvalue weighted by molar-refractivity contribution is 8.31. The number of benzene rings is 8. The van der Waals surface area contributed by atoms with Crippen molar-refractivity contribution in [3.63, 3.8) is 0 Å². The molecule has 0 fully saturated rings. The van der Waals surface area contributed by atoms with Gasteiger partial charge in [-0.1, -0.05) is 264 Å². The first kappa shape index (κ1) is 97.8. The summed E-state index contributed by atoms with van der Waals surface area (Å²) in [6, 6.07) is 43.6. The van der Waals surface area contributed by atoms with Crippen LogP contribution in [0.25, 0.3) is 21.5 Å². The molecule has 0 radical (unpaired) electrons. The predicted octanol–water partition coefficient (Wildman–Crippen LogP) is 24.5. The van der Waals surface area contributed by atoms with Gasteiger partial charge >= 0.3 is 29.3 Å². The van der Waals surface area contributed by atoms with Gasteiger partial charge in [-0.2, -0.15) is 0 Å². The minimum absolute atomic E-state index is 0.106. The van der Waals surface area contributed by atoms with Gasteiger partial charge in [0.05, 0.1) is 13.2 Å². The van der Waals surface area contributed by atoms with Crippen molar-refractivity contribution in [2.45, 2.75) is 289 Å². The Morgan fingerprint density at radius 2 is 0.694 bits per heavy atom. The van der Waals surface area contributed by atoms with Gasteiger partial charge in [0.2, 0.25) is 0 Å². The summed E-state index contributed by atoms with van der Waals surface area (Å²) < 4.78 is 87.8. The summed E-state index contributed by atoms with van der Waals surface area (Å²) in [7, 11) is 1.38. The fourth-order valence-electron chi connectivity index (χ4n) is 16.7. The van der Waals surface area contributed by atoms with Gasteiger partial charge < -0.3 is 46.5 Å². The molecule has 121 heavy (non-hydrogen) atoms. The number of hydrogen-bond acceptors (Lipinski definition) is 14. The minimum atomic E-state index is -2.18. The number of carbonyl (C=O) groups is 2. The lowest BCUT2D eigenvalue weighted by Crippen LogP contribution is -2.38. The van der Waals surface area contributed by atoms with Gasteiger partial charge in [0.25, 0.3) is 0 Å². The summed E-state index contributed by atoms with van der Waals surface area (Å²) in [6.45, 7) is 43.1. The number of amides is 2. The molecule has 0 spiro atoms. The van der Waals surface area contributed by atoms with E-state index in [9.17, 15) is 8.42 Å². The second-order valence-corrected chi connectivity index (χ2v) is 49.5. The van der Waals surface area contributed by atoms with Crippen LogP contribution in [0.15, 0.2) is 131 Å². The van der Waals surface area contributed by atoms with Gasteiger partial charge in [0.15, 0.2) is 0 Å². The number of carbonyl (C=O) groups excluding carboxylic acids is 2. The zero-order valence-electron chi connectivity index (χ0n) is 77.1. The number of ether oxygens (including phenoxy) is 4. The van der Waals surface area contributed by atoms with Crippen LogP contribution in [0.5, 0.6) is 23.0 Å². The van der Waals surface area contributed by atoms with E-state index in [4.69, 9.17) is 36.7 Å². The van der Waals surface area contributed by atoms with Crippen LogP contribution in [0.3, 0.4) is 0 Å². The molecule has 2 N–H and O–H groups in total. The van der Waals surface area contributed by atoms with Crippen molar-refractivity contribution in [3.05, 3.63) is 188 Å². The van der Waals surface area contributed by atoms with Crippen LogP contribution in [0, 0.1) is 0 Å². The van der Waals surface area contributed by atoms with Gasteiger partial charge in [0.1, 0.15) is 43.4 Å². The predicted molar refractivity (Wildman–Crippen MR) is 514 cm³/mol. The maximum Gasteiger partial charge on any atom is 0.423 e. The summed E-state index contributed by atoms with van der Waals surface area (Å²) in [6.07, 6.45) is 15.7. The molecule has 2 unspecified atom stereocenters. The Balaban J connectivity index is 1.24. The average molecular weight is 1760 g/mol. The summed E-state index contributed by atoms with van der Waals surface area (Å²) >= 11 is 0. The zero-order chi connectivity index (χ0) is 88.0. The molecule has 16 nitrogen and oxygen atoms in total. The van der Waals surface area contributed by atoms with E-state index in [2.05, 4.69) is 182 Å². The molecule has 0 saturated heterocycles. The van der Waals surface area contributed by atoms with Gasteiger partial charge in [-0.3, -0.25) is 9.44 Å². The second kappa shape index (κ2) is 44.8. The Kier molecular flexibility index (Phi) is 36.2. The quantitative estimate of drug-likeness (QED) is 0.0275. The molecule has 8 aromatic carbocycles. The monoisotopic (exact) mass is 1760 g/mol. The van der Waals surface area contributed by atoms with E-state index in [1.165, 1.54) is 12.8 Å². The van der Waals surface area contributed by atoms with Gasteiger partial charge in [-0.25, -0.2) is 18.0 Å². The lowest BCUT2D eigenvalue weighted by atomic mass is 9.78. The molecule has 0 aromatic heterocycles. The molecule has 8 aromatic rings. The standard InChI is InChI=1S/C99H142N4O12S4Si2/c1-23-110-120(21,111-24-2)58-40-36-32-28-27-30-34-39-57-109-91-72-61-71-63-77(96(5,6)7)65-73(90(71)108-56-38-35-31-29-33-37-41-59-121(22,112-25-3)113-26-4)62-75-67-79(98(11,12)13)66-74(92(75)114-94(104)100-118(116-106)88-52-44-46-80-82(88)48-42-50-86(80)102(17)18)60-70-54-55-85(99(14,15)16)84(69-76(91)68-78(64-72)97(8,9)10)93(70)115-95(105)101-119(117-107)89-53-45-47-81-83(89)49-43-51-87(81)103(19)20/h42-55,63-68H,23-41,56-62,69H2,1-22H3,(H,100,104)(H,101,105). The number of anilines is 2. The Morgan fingerprint density at radius 1 is 0.380 bits per heavy atom. The molecule has 22 heteroatoms. The second-order valence-electron chi connectivity index (χ2n) is 37.4. The fraction of sp³-hybridized carbons (Fsp3) is 0.535. The SMILES string of the molecule is CCO[Si](C)(CCCCCCCCCCOc1c2cc(C(C)(C)C)cc1Cc1c(C(C)(C)C)ccc(c1OC(=O)NS(=S=O)c1cccc3c(N(C)C)cccc13)Cc1cc(C(C)(C)C)cc(c1OC(=O)NS(=S=O)c1cccc3c(N(C)C)cccc13)Cc1cc(C(C)(C)C)cc(c1OCCCCCCCCC[Si](C)(OCC)OCC)C2)OCC. The molecule has 2 atom stereocenters. The molecule has 0 aliphatic heterocycles. The van der Waals surface area contributed by atoms with Crippen LogP contribution in [-0.2, 0) is 105 Å². The molecule has 1 aliphatic rings. The largest absolute Gasteiger partial charge is 0.493 e. The van der Waals surface area contributed by atoms with E-state index < -0.39 is 59.4 Å². The van der Waals surface area contributed by atoms with E-state index >= 15 is 9.59 Å². The van der Waals surface area contributed by atoms with E-state index in [1.807, 2.05) is 111 Å². The number of unbranched alkanes of at least 4 members (excludes halogenated alkanes) is 13. The van der Waals surface area contributed by atoms with Crippen LogP contribution < -0.4 is 38.2 Å². The van der Waals surface area contributed by atoms with Gasteiger partial charge in [-0.05, 0) is 172 Å². The fourth-order valence-corrected chi connectivity index (χ4v) is 25.6. The lowest BCUT2D eigenvalue weighted by Gasteiger charge is -2.30. The third-order valence-electron chi connectivity index (χ3n) is 23.0. The van der Waals surface area contributed by atoms with Crippen LogP contribution in [0.2, 0.25) is 25.2 Å². The Bertz CT molecular complexity index is 4960. The Labute approximate surface area is 738 Å². The first-order valence-electron chi connectivity index (χ1n) is 44.4. The van der Waals surface area contributed by atoms with Crippen molar-refractivity contribution in [2.75, 3.05) is 77.6 Å². The minimum Gasteiger partial charge on any atom is -0.493 e. The van der Waals surface area contributed by atoms with Crippen LogP contribution in [0.1, 0.15) is 274 Å². The normalized spacial score (nSPS) is 13.4. The molecule has 0 heterocycles. The Morgan fingerprint density at radius 3 is 1.03 bits per heavy atom. The van der Waals surface area contributed by atoms with Crippen molar-refractivity contribution in [3.8, 4) is 23.0 Å². The third kappa shape index (κ3) is 27.0. The van der Waals surface area contributed by atoms with Crippen LogP contribution in [0.4, 0.5) is 21.0 Å². The topological polar surface area (TPSA) is 173 Å². The smallest absolute Gasteiger partial charge is 0.423 e. The zero-order valence-corrected chi connectivity index (χ0v) is 82.3. The highest BCUT2D eigenvalue weighted by Crippen LogP contribution is 2.47. The summed E-state index contributed by atoms with van der Waals surface area (Å²) in [5.41, 5.74) is 11.2. The first-order valence-corrected chi connectivity index (χ1v) is 54.4. The third-order valence-corrected chi connectivity index (χ3v) is 34.0. The number of nitrogens with one attached hydrogen (secondary N) is 2. The number of nitrogens with zero attached hydrogens (tertiary/aromatic N) is 2. The van der Waals surface area contributed by atoms with Gasteiger partial charge in [0, 0.05) is 148 Å². The molecule has 8 bridgehead atoms. The molecule has 2 amide bonds.